The van der Waals surface area contributed by atoms with Crippen LogP contribution in [0, 0.1) is 5.41 Å². The van der Waals surface area contributed by atoms with Crippen molar-refractivity contribution in [2.24, 2.45) is 5.41 Å². The largest absolute Gasteiger partial charge is 0.491 e. The number of aliphatic carboxylic acids is 1. The quantitative estimate of drug-likeness (QED) is 0.886. The number of carboxylic acid groups (broad SMARTS) is 1. The Morgan fingerprint density at radius 3 is 2.72 bits per heavy atom. The van der Waals surface area contributed by atoms with E-state index in [4.69, 9.17) is 9.47 Å². The summed E-state index contributed by atoms with van der Waals surface area (Å²) < 4.78 is 11.2. The van der Waals surface area contributed by atoms with Gasteiger partial charge in [-0.1, -0.05) is 0 Å². The smallest absolute Gasteiger partial charge is 0.311 e. The second kappa shape index (κ2) is 7.44. The number of rotatable bonds is 5. The number of benzene rings is 1. The Labute approximate surface area is 147 Å². The molecular formula is C19H25NO5. The first-order chi connectivity index (χ1) is 12.0. The Morgan fingerprint density at radius 2 is 2.08 bits per heavy atom. The molecule has 2 aliphatic heterocycles. The molecule has 0 radical (unpaired) electrons. The highest BCUT2D eigenvalue weighted by Gasteiger charge is 2.39. The van der Waals surface area contributed by atoms with Gasteiger partial charge in [0.2, 0.25) is 0 Å². The van der Waals surface area contributed by atoms with E-state index in [9.17, 15) is 14.7 Å². The number of amides is 1. The predicted molar refractivity (Wildman–Crippen MR) is 91.8 cm³/mol. The van der Waals surface area contributed by atoms with E-state index in [2.05, 4.69) is 0 Å². The Morgan fingerprint density at radius 1 is 1.32 bits per heavy atom. The van der Waals surface area contributed by atoms with E-state index < -0.39 is 11.4 Å². The lowest BCUT2D eigenvalue weighted by atomic mass is 9.82. The first-order valence-electron chi connectivity index (χ1n) is 8.85. The number of hydrogen-bond acceptors (Lipinski definition) is 4. The van der Waals surface area contributed by atoms with Gasteiger partial charge in [-0.15, -0.1) is 0 Å². The third kappa shape index (κ3) is 4.12. The summed E-state index contributed by atoms with van der Waals surface area (Å²) in [6.45, 7) is 3.87. The summed E-state index contributed by atoms with van der Waals surface area (Å²) in [4.78, 5) is 25.7. The monoisotopic (exact) mass is 347 g/mol. The topological polar surface area (TPSA) is 76.1 Å². The molecule has 2 aliphatic rings. The standard InChI is InChI=1S/C19H25NO5/c1-19(18(22)23)9-3-10-20(13-19)17(21)14-5-7-15(8-6-14)25-12-16-4-2-11-24-16/h5-8,16H,2-4,9-13H2,1H3,(H,22,23). The number of carbonyl (C=O) groups excluding carboxylic acids is 1. The van der Waals surface area contributed by atoms with Gasteiger partial charge in [-0.2, -0.15) is 0 Å². The SMILES string of the molecule is CC1(C(=O)O)CCCN(C(=O)c2ccc(OCC3CCCO3)cc2)C1. The molecule has 3 rings (SSSR count). The van der Waals surface area contributed by atoms with Gasteiger partial charge in [-0.25, -0.2) is 0 Å². The molecule has 6 nitrogen and oxygen atoms in total. The fourth-order valence-electron chi connectivity index (χ4n) is 3.43. The fourth-order valence-corrected chi connectivity index (χ4v) is 3.43. The normalized spacial score (nSPS) is 26.4. The third-order valence-electron chi connectivity index (χ3n) is 5.06. The van der Waals surface area contributed by atoms with Crippen molar-refractivity contribution in [2.45, 2.75) is 38.7 Å². The van der Waals surface area contributed by atoms with Crippen molar-refractivity contribution in [3.8, 4) is 5.75 Å². The second-order valence-electron chi connectivity index (χ2n) is 7.17. The highest BCUT2D eigenvalue weighted by Crippen LogP contribution is 2.30. The van der Waals surface area contributed by atoms with Crippen molar-refractivity contribution in [1.29, 1.82) is 0 Å². The van der Waals surface area contributed by atoms with Crippen molar-refractivity contribution in [1.82, 2.24) is 4.90 Å². The summed E-state index contributed by atoms with van der Waals surface area (Å²) in [6.07, 6.45) is 3.56. The fraction of sp³-hybridized carbons (Fsp3) is 0.579. The van der Waals surface area contributed by atoms with Crippen LogP contribution in [-0.2, 0) is 9.53 Å². The number of nitrogens with zero attached hydrogens (tertiary/aromatic N) is 1. The lowest BCUT2D eigenvalue weighted by Crippen LogP contribution is -2.48. The van der Waals surface area contributed by atoms with Crippen molar-refractivity contribution < 1.29 is 24.2 Å². The van der Waals surface area contributed by atoms with Crippen LogP contribution < -0.4 is 4.74 Å². The molecule has 136 valence electrons. The lowest BCUT2D eigenvalue weighted by molar-refractivity contribution is -0.150. The van der Waals surface area contributed by atoms with Crippen molar-refractivity contribution in [3.63, 3.8) is 0 Å². The van der Waals surface area contributed by atoms with Crippen LogP contribution >= 0.6 is 0 Å². The van der Waals surface area contributed by atoms with Crippen LogP contribution in [0.3, 0.4) is 0 Å². The number of carbonyl (C=O) groups is 2. The van der Waals surface area contributed by atoms with E-state index in [-0.39, 0.29) is 18.6 Å². The molecule has 2 saturated heterocycles. The molecule has 2 fully saturated rings. The number of ether oxygens (including phenoxy) is 2. The number of hydrogen-bond donors (Lipinski definition) is 1. The van der Waals surface area contributed by atoms with Gasteiger partial charge in [0, 0.05) is 25.3 Å². The molecule has 1 amide bonds. The maximum absolute atomic E-state index is 12.7. The summed E-state index contributed by atoms with van der Waals surface area (Å²) in [7, 11) is 0. The van der Waals surface area contributed by atoms with Crippen molar-refractivity contribution >= 4 is 11.9 Å². The van der Waals surface area contributed by atoms with Gasteiger partial charge >= 0.3 is 5.97 Å². The maximum Gasteiger partial charge on any atom is 0.311 e. The highest BCUT2D eigenvalue weighted by atomic mass is 16.5. The average molecular weight is 347 g/mol. The van der Waals surface area contributed by atoms with E-state index in [1.54, 1.807) is 36.1 Å². The van der Waals surface area contributed by atoms with Crippen LogP contribution in [0.15, 0.2) is 24.3 Å². The summed E-state index contributed by atoms with van der Waals surface area (Å²) in [5.41, 5.74) is -0.308. The Kier molecular flexibility index (Phi) is 5.27. The summed E-state index contributed by atoms with van der Waals surface area (Å²) in [6, 6.07) is 7.03. The molecule has 1 aromatic rings. The molecule has 6 heteroatoms. The van der Waals surface area contributed by atoms with Gasteiger partial charge in [0.15, 0.2) is 0 Å². The number of piperidine rings is 1. The zero-order valence-electron chi connectivity index (χ0n) is 14.6. The molecule has 0 saturated carbocycles. The van der Waals surface area contributed by atoms with E-state index in [0.717, 1.165) is 19.4 Å². The van der Waals surface area contributed by atoms with Crippen LogP contribution in [0.1, 0.15) is 43.0 Å². The minimum Gasteiger partial charge on any atom is -0.491 e. The molecular weight excluding hydrogens is 322 g/mol. The van der Waals surface area contributed by atoms with Gasteiger partial charge < -0.3 is 19.5 Å². The number of carboxylic acids is 1. The summed E-state index contributed by atoms with van der Waals surface area (Å²) in [5.74, 6) is -0.262. The van der Waals surface area contributed by atoms with Crippen LogP contribution in [0.25, 0.3) is 0 Å². The molecule has 0 bridgehead atoms. The minimum atomic E-state index is -0.863. The van der Waals surface area contributed by atoms with Gasteiger partial charge in [-0.05, 0) is 56.9 Å². The summed E-state index contributed by atoms with van der Waals surface area (Å²) >= 11 is 0. The molecule has 0 aromatic heterocycles. The first-order valence-corrected chi connectivity index (χ1v) is 8.85. The first kappa shape index (κ1) is 17.7. The molecule has 1 N–H and O–H groups in total. The zero-order valence-corrected chi connectivity index (χ0v) is 14.6. The summed E-state index contributed by atoms with van der Waals surface area (Å²) in [5, 5.41) is 9.39. The van der Waals surface area contributed by atoms with Crippen molar-refractivity contribution in [3.05, 3.63) is 29.8 Å². The van der Waals surface area contributed by atoms with E-state index in [0.29, 0.717) is 37.3 Å². The third-order valence-corrected chi connectivity index (χ3v) is 5.06. The van der Waals surface area contributed by atoms with Gasteiger partial charge in [-0.3, -0.25) is 9.59 Å². The molecule has 25 heavy (non-hydrogen) atoms. The predicted octanol–water partition coefficient (Wildman–Crippen LogP) is 2.57. The van der Waals surface area contributed by atoms with Gasteiger partial charge in [0.05, 0.1) is 11.5 Å². The van der Waals surface area contributed by atoms with Crippen LogP contribution in [0.4, 0.5) is 0 Å². The lowest BCUT2D eigenvalue weighted by Gasteiger charge is -2.37. The van der Waals surface area contributed by atoms with Crippen LogP contribution in [0.5, 0.6) is 5.75 Å². The van der Waals surface area contributed by atoms with E-state index in [1.807, 2.05) is 0 Å². The zero-order chi connectivity index (χ0) is 17.9. The van der Waals surface area contributed by atoms with Crippen molar-refractivity contribution in [2.75, 3.05) is 26.3 Å². The maximum atomic E-state index is 12.7. The van der Waals surface area contributed by atoms with Gasteiger partial charge in [0.25, 0.3) is 5.91 Å². The van der Waals surface area contributed by atoms with Gasteiger partial charge in [0.1, 0.15) is 12.4 Å². The Hall–Kier alpha value is -2.08. The molecule has 2 unspecified atom stereocenters. The number of likely N-dealkylation sites (tertiary alicyclic amines) is 1. The second-order valence-corrected chi connectivity index (χ2v) is 7.17. The Bertz CT molecular complexity index is 623. The average Bonchev–Trinajstić information content (AvgIpc) is 3.13. The van der Waals surface area contributed by atoms with E-state index in [1.165, 1.54) is 0 Å². The molecule has 2 atom stereocenters. The van der Waals surface area contributed by atoms with Crippen LogP contribution in [0.2, 0.25) is 0 Å². The Balaban J connectivity index is 1.59. The molecule has 0 aliphatic carbocycles. The minimum absolute atomic E-state index is 0.127. The van der Waals surface area contributed by atoms with E-state index >= 15 is 0 Å². The molecule has 2 heterocycles. The van der Waals surface area contributed by atoms with Crippen LogP contribution in [-0.4, -0.2) is 54.3 Å². The molecule has 1 aromatic carbocycles. The highest BCUT2D eigenvalue weighted by molar-refractivity contribution is 5.94. The molecule has 0 spiro atoms.